The number of hydrogen-bond acceptors (Lipinski definition) is 4. The highest BCUT2D eigenvalue weighted by atomic mass is 16.3. The molecule has 0 amide bonds. The van der Waals surface area contributed by atoms with Gasteiger partial charge >= 0.3 is 0 Å². The smallest absolute Gasteiger partial charge is 0.0905 e. The largest absolute Gasteiger partial charge is 0.396 e. The van der Waals surface area contributed by atoms with Gasteiger partial charge in [-0.15, -0.1) is 0 Å². The molecule has 0 saturated carbocycles. The van der Waals surface area contributed by atoms with Crippen LogP contribution in [0.5, 0.6) is 0 Å². The Kier molecular flexibility index (Phi) is 14.5. The first-order chi connectivity index (χ1) is 10.7. The Morgan fingerprint density at radius 2 is 1.41 bits per heavy atom. The molecule has 22 heavy (non-hydrogen) atoms. The highest BCUT2D eigenvalue weighted by Gasteiger charge is 2.24. The first kappa shape index (κ1) is 21.2. The van der Waals surface area contributed by atoms with E-state index in [1.165, 1.54) is 44.9 Å². The minimum Gasteiger partial charge on any atom is -0.396 e. The number of unbranched alkanes of at least 4 members (excludes halogenated alkanes) is 9. The molecular weight excluding hydrogens is 282 g/mol. The first-order valence-corrected chi connectivity index (χ1v) is 8.68. The molecule has 0 radical (unpaired) electrons. The molecule has 3 N–H and O–H groups in total. The summed E-state index contributed by atoms with van der Waals surface area (Å²) in [6.45, 7) is 1.76. The van der Waals surface area contributed by atoms with Crippen LogP contribution in [-0.4, -0.2) is 40.2 Å². The normalized spacial score (nSPS) is 15.1. The van der Waals surface area contributed by atoms with E-state index in [2.05, 4.69) is 16.9 Å². The van der Waals surface area contributed by atoms with Crippen molar-refractivity contribution < 1.29 is 15.3 Å². The molecule has 0 aliphatic carbocycles. The van der Waals surface area contributed by atoms with E-state index in [0.29, 0.717) is 6.42 Å². The highest BCUT2D eigenvalue weighted by molar-refractivity contribution is 4.81. The van der Waals surface area contributed by atoms with Crippen molar-refractivity contribution in [3.8, 4) is 0 Å². The molecule has 0 aromatic carbocycles. The molecule has 0 fully saturated rings. The minimum absolute atomic E-state index is 0.458. The third kappa shape index (κ3) is 10.9. The first-order valence-electron chi connectivity index (χ1n) is 8.68. The molecule has 0 spiro atoms. The number of aliphatic hydroxyl groups excluding tert-OH is 3. The van der Waals surface area contributed by atoms with Gasteiger partial charge in [-0.3, -0.25) is 0 Å². The molecule has 6 heteroatoms. The zero-order valence-corrected chi connectivity index (χ0v) is 13.9. The molecule has 130 valence electrons. The van der Waals surface area contributed by atoms with E-state index in [1.54, 1.807) is 0 Å². The lowest BCUT2D eigenvalue weighted by atomic mass is 10.00. The lowest BCUT2D eigenvalue weighted by Crippen LogP contribution is -2.38. The maximum absolute atomic E-state index is 9.82. The van der Waals surface area contributed by atoms with E-state index < -0.39 is 24.9 Å². The molecule has 0 rings (SSSR count). The van der Waals surface area contributed by atoms with Crippen molar-refractivity contribution in [2.45, 2.75) is 95.8 Å². The molecule has 6 nitrogen and oxygen atoms in total. The molecule has 0 aromatic heterocycles. The summed E-state index contributed by atoms with van der Waals surface area (Å²) in [5.41, 5.74) is 8.32. The SMILES string of the molecule is CCCCCCCCCCCC[C@@H](O)[C@@H](O)[C@H](CO)N=[N+]=[N-]. The van der Waals surface area contributed by atoms with Gasteiger partial charge < -0.3 is 15.3 Å². The Morgan fingerprint density at radius 3 is 1.86 bits per heavy atom. The van der Waals surface area contributed by atoms with E-state index in [9.17, 15) is 10.2 Å². The third-order valence-electron chi connectivity index (χ3n) is 4.03. The Balaban J connectivity index is 3.55. The van der Waals surface area contributed by atoms with Gasteiger partial charge in [0.1, 0.15) is 0 Å². The van der Waals surface area contributed by atoms with Gasteiger partial charge in [-0.05, 0) is 12.0 Å². The lowest BCUT2D eigenvalue weighted by molar-refractivity contribution is -0.0120. The second kappa shape index (κ2) is 15.1. The predicted molar refractivity (Wildman–Crippen MR) is 88.5 cm³/mol. The zero-order chi connectivity index (χ0) is 16.6. The van der Waals surface area contributed by atoms with Crippen LogP contribution < -0.4 is 0 Å². The summed E-state index contributed by atoms with van der Waals surface area (Å²) < 4.78 is 0. The van der Waals surface area contributed by atoms with E-state index >= 15 is 0 Å². The van der Waals surface area contributed by atoms with Crippen LogP contribution in [0.4, 0.5) is 0 Å². The fraction of sp³-hybridized carbons (Fsp3) is 1.00. The van der Waals surface area contributed by atoms with Crippen LogP contribution in [0.3, 0.4) is 0 Å². The highest BCUT2D eigenvalue weighted by Crippen LogP contribution is 2.14. The molecule has 0 unspecified atom stereocenters. The van der Waals surface area contributed by atoms with Gasteiger partial charge in [-0.25, -0.2) is 0 Å². The Morgan fingerprint density at radius 1 is 0.909 bits per heavy atom. The number of rotatable bonds is 15. The van der Waals surface area contributed by atoms with Gasteiger partial charge in [0.05, 0.1) is 24.9 Å². The van der Waals surface area contributed by atoms with Crippen LogP contribution in [0.1, 0.15) is 77.6 Å². The summed E-state index contributed by atoms with van der Waals surface area (Å²) in [6, 6.07) is -0.969. The summed E-state index contributed by atoms with van der Waals surface area (Å²) in [4.78, 5) is 2.56. The van der Waals surface area contributed by atoms with Crippen molar-refractivity contribution in [3.05, 3.63) is 10.4 Å². The molecule has 0 aliphatic rings. The maximum atomic E-state index is 9.82. The summed E-state index contributed by atoms with van der Waals surface area (Å²) in [5.74, 6) is 0. The molecule has 3 atom stereocenters. The van der Waals surface area contributed by atoms with Crippen molar-refractivity contribution in [2.75, 3.05) is 6.61 Å². The van der Waals surface area contributed by atoms with Crippen molar-refractivity contribution >= 4 is 0 Å². The molecule has 0 aliphatic heterocycles. The Hall–Kier alpha value is -0.810. The van der Waals surface area contributed by atoms with Crippen LogP contribution in [-0.2, 0) is 0 Å². The molecular formula is C16H33N3O3. The quantitative estimate of drug-likeness (QED) is 0.185. The topological polar surface area (TPSA) is 109 Å². The van der Waals surface area contributed by atoms with Crippen molar-refractivity contribution in [2.24, 2.45) is 5.11 Å². The van der Waals surface area contributed by atoms with Crippen LogP contribution in [0.2, 0.25) is 0 Å². The van der Waals surface area contributed by atoms with E-state index in [-0.39, 0.29) is 0 Å². The van der Waals surface area contributed by atoms with Crippen LogP contribution >= 0.6 is 0 Å². The number of nitrogens with zero attached hydrogens (tertiary/aromatic N) is 3. The summed E-state index contributed by atoms with van der Waals surface area (Å²) >= 11 is 0. The third-order valence-corrected chi connectivity index (χ3v) is 4.03. The van der Waals surface area contributed by atoms with Gasteiger partial charge in [-0.1, -0.05) is 76.2 Å². The van der Waals surface area contributed by atoms with Gasteiger partial charge in [-0.2, -0.15) is 0 Å². The predicted octanol–water partition coefficient (Wildman–Crippen LogP) is 3.69. The van der Waals surface area contributed by atoms with Crippen molar-refractivity contribution in [1.82, 2.24) is 0 Å². The fourth-order valence-electron chi connectivity index (χ4n) is 2.55. The summed E-state index contributed by atoms with van der Waals surface area (Å²) in [6.07, 6.45) is 10.5. The Bertz CT molecular complexity index is 296. The van der Waals surface area contributed by atoms with E-state index in [0.717, 1.165) is 19.3 Å². The standard InChI is InChI=1S/C16H33N3O3/c1-2-3-4-5-6-7-8-9-10-11-12-15(21)16(22)14(13-20)18-19-17/h14-16,20-22H,2-13H2,1H3/t14-,15+,16-/m0/s1. The number of aliphatic hydroxyl groups is 3. The van der Waals surface area contributed by atoms with E-state index in [4.69, 9.17) is 10.6 Å². The van der Waals surface area contributed by atoms with E-state index in [1.807, 2.05) is 0 Å². The molecule has 0 saturated heterocycles. The average Bonchev–Trinajstić information content (AvgIpc) is 2.53. The van der Waals surface area contributed by atoms with Gasteiger partial charge in [0.25, 0.3) is 0 Å². The molecule has 0 bridgehead atoms. The minimum atomic E-state index is -1.19. The molecule has 0 heterocycles. The average molecular weight is 315 g/mol. The van der Waals surface area contributed by atoms with Crippen LogP contribution in [0, 0.1) is 0 Å². The second-order valence-corrected chi connectivity index (χ2v) is 5.98. The fourth-order valence-corrected chi connectivity index (χ4v) is 2.55. The monoisotopic (exact) mass is 315 g/mol. The molecule has 0 aromatic rings. The maximum Gasteiger partial charge on any atom is 0.0905 e. The van der Waals surface area contributed by atoms with Crippen molar-refractivity contribution in [1.29, 1.82) is 0 Å². The van der Waals surface area contributed by atoms with Gasteiger partial charge in [0, 0.05) is 4.91 Å². The Labute approximate surface area is 134 Å². The van der Waals surface area contributed by atoms with Gasteiger partial charge in [0.2, 0.25) is 0 Å². The number of azide groups is 1. The summed E-state index contributed by atoms with van der Waals surface area (Å²) in [7, 11) is 0. The zero-order valence-electron chi connectivity index (χ0n) is 13.9. The lowest BCUT2D eigenvalue weighted by Gasteiger charge is -2.21. The number of hydrogen-bond donors (Lipinski definition) is 3. The van der Waals surface area contributed by atoms with Crippen LogP contribution in [0.15, 0.2) is 5.11 Å². The second-order valence-electron chi connectivity index (χ2n) is 5.98. The summed E-state index contributed by atoms with van der Waals surface area (Å²) in [5, 5.41) is 31.9. The van der Waals surface area contributed by atoms with Crippen LogP contribution in [0.25, 0.3) is 10.4 Å². The van der Waals surface area contributed by atoms with Crippen molar-refractivity contribution in [3.63, 3.8) is 0 Å². The van der Waals surface area contributed by atoms with Gasteiger partial charge in [0.15, 0.2) is 0 Å².